The molecule has 4 heteroatoms. The van der Waals surface area contributed by atoms with E-state index in [1.807, 2.05) is 84.9 Å². The maximum atomic E-state index is 12.6. The lowest BCUT2D eigenvalue weighted by Gasteiger charge is -2.22. The zero-order chi connectivity index (χ0) is 27.9. The Labute approximate surface area is 241 Å². The van der Waals surface area contributed by atoms with Crippen molar-refractivity contribution in [2.75, 3.05) is 5.32 Å². The first-order valence-corrected chi connectivity index (χ1v) is 14.2. The van der Waals surface area contributed by atoms with Crippen molar-refractivity contribution in [3.05, 3.63) is 144 Å². The van der Waals surface area contributed by atoms with Crippen LogP contribution in [-0.4, -0.2) is 10.9 Å². The molecule has 1 amide bonds. The summed E-state index contributed by atoms with van der Waals surface area (Å²) < 4.78 is 6.56. The summed E-state index contributed by atoms with van der Waals surface area (Å²) in [7, 11) is 0. The van der Waals surface area contributed by atoms with E-state index in [2.05, 4.69) is 47.8 Å². The lowest BCUT2D eigenvalue weighted by atomic mass is 9.83. The number of allylic oxidation sites excluding steroid dienone is 2. The molecule has 0 radical (unpaired) electrons. The monoisotopic (exact) mass is 536 g/mol. The maximum Gasteiger partial charge on any atom is 0.248 e. The second kappa shape index (κ2) is 12.5. The van der Waals surface area contributed by atoms with E-state index in [4.69, 9.17) is 9.40 Å². The second-order valence-corrected chi connectivity index (χ2v) is 10.4. The van der Waals surface area contributed by atoms with Crippen molar-refractivity contribution < 1.29 is 9.21 Å². The van der Waals surface area contributed by atoms with E-state index in [9.17, 15) is 4.79 Å². The van der Waals surface area contributed by atoms with Crippen molar-refractivity contribution in [3.8, 4) is 22.6 Å². The number of anilines is 1. The first kappa shape index (κ1) is 26.3. The molecule has 0 aliphatic heterocycles. The summed E-state index contributed by atoms with van der Waals surface area (Å²) >= 11 is 0. The van der Waals surface area contributed by atoms with E-state index in [1.54, 1.807) is 6.08 Å². The SMILES string of the molecule is O=C(/C=C/c1ccccc1)Nc1cccc(CC2CCCC=C2c2nc(-c3ccccc3)c(-c3ccccc3)o2)c1. The number of carbonyl (C=O) groups excluding carboxylic acids is 1. The molecule has 0 saturated heterocycles. The minimum Gasteiger partial charge on any atom is -0.436 e. The van der Waals surface area contributed by atoms with Crippen LogP contribution in [0.1, 0.15) is 36.3 Å². The zero-order valence-electron chi connectivity index (χ0n) is 22.9. The molecule has 1 heterocycles. The van der Waals surface area contributed by atoms with E-state index in [1.165, 1.54) is 5.56 Å². The Morgan fingerprint density at radius 3 is 2.32 bits per heavy atom. The predicted octanol–water partition coefficient (Wildman–Crippen LogP) is 9.09. The fourth-order valence-corrected chi connectivity index (χ4v) is 5.42. The van der Waals surface area contributed by atoms with E-state index in [0.717, 1.165) is 65.1 Å². The highest BCUT2D eigenvalue weighted by Gasteiger charge is 2.26. The molecule has 1 atom stereocenters. The summed E-state index contributed by atoms with van der Waals surface area (Å²) in [6.45, 7) is 0. The fourth-order valence-electron chi connectivity index (χ4n) is 5.42. The summed E-state index contributed by atoms with van der Waals surface area (Å²) in [5, 5.41) is 3.01. The quantitative estimate of drug-likeness (QED) is 0.201. The van der Waals surface area contributed by atoms with Gasteiger partial charge in [0.25, 0.3) is 0 Å². The molecule has 0 bridgehead atoms. The Kier molecular flexibility index (Phi) is 8.00. The van der Waals surface area contributed by atoms with Gasteiger partial charge in [-0.25, -0.2) is 4.98 Å². The van der Waals surface area contributed by atoms with Crippen LogP contribution >= 0.6 is 0 Å². The van der Waals surface area contributed by atoms with E-state index in [-0.39, 0.29) is 11.8 Å². The first-order chi connectivity index (χ1) is 20.2. The van der Waals surface area contributed by atoms with Crippen molar-refractivity contribution in [2.45, 2.75) is 25.7 Å². The fraction of sp³-hybridized carbons (Fsp3) is 0.135. The molecule has 1 unspecified atom stereocenters. The van der Waals surface area contributed by atoms with Gasteiger partial charge in [0, 0.05) is 28.5 Å². The van der Waals surface area contributed by atoms with E-state index in [0.29, 0.717) is 5.89 Å². The van der Waals surface area contributed by atoms with Gasteiger partial charge in [-0.05, 0) is 60.9 Å². The number of hydrogen-bond acceptors (Lipinski definition) is 3. The van der Waals surface area contributed by atoms with Crippen molar-refractivity contribution in [2.24, 2.45) is 5.92 Å². The summed E-state index contributed by atoms with van der Waals surface area (Å²) in [5.41, 5.74) is 7.04. The first-order valence-electron chi connectivity index (χ1n) is 14.2. The molecule has 0 spiro atoms. The summed E-state index contributed by atoms with van der Waals surface area (Å²) in [4.78, 5) is 17.6. The van der Waals surface area contributed by atoms with Crippen molar-refractivity contribution in [1.82, 2.24) is 4.98 Å². The number of carbonyl (C=O) groups is 1. The highest BCUT2D eigenvalue weighted by Crippen LogP contribution is 2.40. The summed E-state index contributed by atoms with van der Waals surface area (Å²) in [6, 6.07) is 38.4. The third-order valence-corrected chi connectivity index (χ3v) is 7.42. The number of nitrogens with one attached hydrogen (secondary N) is 1. The Morgan fingerprint density at radius 1 is 0.854 bits per heavy atom. The molecule has 1 aliphatic rings. The standard InChI is InChI=1S/C37H32N2O2/c40-34(24-23-27-13-4-1-5-14-27)38-32-21-12-15-28(26-32)25-31-20-10-11-22-33(31)37-39-35(29-16-6-2-7-17-29)36(41-37)30-18-8-3-9-19-30/h1-9,12-19,21-24,26,31H,10-11,20,25H2,(H,38,40)/b24-23+. The number of amides is 1. The van der Waals surface area contributed by atoms with Crippen LogP contribution in [0.25, 0.3) is 34.2 Å². The topological polar surface area (TPSA) is 55.1 Å². The van der Waals surface area contributed by atoms with E-state index < -0.39 is 0 Å². The van der Waals surface area contributed by atoms with Gasteiger partial charge in [-0.15, -0.1) is 0 Å². The summed E-state index contributed by atoms with van der Waals surface area (Å²) in [5.74, 6) is 1.62. The number of benzene rings is 4. The number of hydrogen-bond donors (Lipinski definition) is 1. The molecule has 0 saturated carbocycles. The lowest BCUT2D eigenvalue weighted by molar-refractivity contribution is -0.111. The van der Waals surface area contributed by atoms with Crippen LogP contribution in [0.2, 0.25) is 0 Å². The van der Waals surface area contributed by atoms with E-state index >= 15 is 0 Å². The number of rotatable bonds is 8. The molecule has 4 aromatic carbocycles. The molecular formula is C37H32N2O2. The summed E-state index contributed by atoms with van der Waals surface area (Å²) in [6.07, 6.45) is 9.74. The predicted molar refractivity (Wildman–Crippen MR) is 167 cm³/mol. The number of nitrogens with zero attached hydrogens (tertiary/aromatic N) is 1. The zero-order valence-corrected chi connectivity index (χ0v) is 22.9. The van der Waals surface area contributed by atoms with Gasteiger partial charge in [0.1, 0.15) is 5.69 Å². The molecule has 6 rings (SSSR count). The van der Waals surface area contributed by atoms with Gasteiger partial charge >= 0.3 is 0 Å². The molecule has 202 valence electrons. The molecular weight excluding hydrogens is 504 g/mol. The van der Waals surface area contributed by atoms with Crippen LogP contribution < -0.4 is 5.32 Å². The normalized spacial score (nSPS) is 15.0. The van der Waals surface area contributed by atoms with Crippen molar-refractivity contribution >= 4 is 23.2 Å². The van der Waals surface area contributed by atoms with Crippen molar-refractivity contribution in [3.63, 3.8) is 0 Å². The Balaban J connectivity index is 1.23. The van der Waals surface area contributed by atoms with Gasteiger partial charge in [0.05, 0.1) is 0 Å². The van der Waals surface area contributed by atoms with Gasteiger partial charge in [-0.1, -0.05) is 109 Å². The number of oxazole rings is 1. The van der Waals surface area contributed by atoms with Crippen LogP contribution in [0, 0.1) is 5.92 Å². The Hall–Kier alpha value is -4.96. The molecule has 1 N–H and O–H groups in total. The lowest BCUT2D eigenvalue weighted by Crippen LogP contribution is -2.12. The van der Waals surface area contributed by atoms with Gasteiger partial charge in [0.15, 0.2) is 5.76 Å². The number of aromatic nitrogens is 1. The second-order valence-electron chi connectivity index (χ2n) is 10.4. The average molecular weight is 537 g/mol. The smallest absolute Gasteiger partial charge is 0.248 e. The maximum absolute atomic E-state index is 12.6. The Morgan fingerprint density at radius 2 is 1.56 bits per heavy atom. The molecule has 5 aromatic rings. The van der Waals surface area contributed by atoms with Crippen LogP contribution in [-0.2, 0) is 11.2 Å². The Bertz CT molecular complexity index is 1610. The van der Waals surface area contributed by atoms with Crippen LogP contribution in [0.5, 0.6) is 0 Å². The molecule has 4 nitrogen and oxygen atoms in total. The van der Waals surface area contributed by atoms with Gasteiger partial charge in [-0.2, -0.15) is 0 Å². The molecule has 1 aliphatic carbocycles. The minimum atomic E-state index is -0.147. The van der Waals surface area contributed by atoms with Crippen molar-refractivity contribution in [1.29, 1.82) is 0 Å². The largest absolute Gasteiger partial charge is 0.436 e. The molecule has 1 aromatic heterocycles. The highest BCUT2D eigenvalue weighted by atomic mass is 16.4. The van der Waals surface area contributed by atoms with Crippen LogP contribution in [0.4, 0.5) is 5.69 Å². The van der Waals surface area contributed by atoms with Gasteiger partial charge in [-0.3, -0.25) is 4.79 Å². The van der Waals surface area contributed by atoms with Gasteiger partial charge in [0.2, 0.25) is 11.8 Å². The minimum absolute atomic E-state index is 0.147. The third kappa shape index (κ3) is 6.44. The van der Waals surface area contributed by atoms with Crippen LogP contribution in [0.3, 0.4) is 0 Å². The van der Waals surface area contributed by atoms with Crippen LogP contribution in [0.15, 0.2) is 132 Å². The molecule has 0 fully saturated rings. The molecule has 41 heavy (non-hydrogen) atoms. The highest BCUT2D eigenvalue weighted by molar-refractivity contribution is 6.02. The van der Waals surface area contributed by atoms with Gasteiger partial charge < -0.3 is 9.73 Å². The average Bonchev–Trinajstić information content (AvgIpc) is 3.47. The third-order valence-electron chi connectivity index (χ3n) is 7.42.